The molecule has 57 valence electrons. The van der Waals surface area contributed by atoms with Gasteiger partial charge in [-0.2, -0.15) is 0 Å². The van der Waals surface area contributed by atoms with Gasteiger partial charge in [0.2, 0.25) is 0 Å². The highest BCUT2D eigenvalue weighted by molar-refractivity contribution is 5.11. The molecule has 1 atom stereocenters. The largest absolute Gasteiger partial charge is 0.261 e. The summed E-state index contributed by atoms with van der Waals surface area (Å²) in [7, 11) is 0. The second-order valence-electron chi connectivity index (χ2n) is 2.87. The fourth-order valence-corrected chi connectivity index (χ4v) is 1.44. The van der Waals surface area contributed by atoms with Crippen molar-refractivity contribution in [1.29, 1.82) is 0 Å². The van der Waals surface area contributed by atoms with Crippen molar-refractivity contribution in [2.45, 2.75) is 12.3 Å². The predicted octanol–water partition coefficient (Wildman–Crippen LogP) is 1.17. The van der Waals surface area contributed by atoms with E-state index in [1.807, 2.05) is 18.3 Å². The molecule has 1 saturated heterocycles. The van der Waals surface area contributed by atoms with E-state index in [2.05, 4.69) is 16.4 Å². The third-order valence-electron chi connectivity index (χ3n) is 2.09. The first-order chi connectivity index (χ1) is 5.47. The molecule has 1 fully saturated rings. The van der Waals surface area contributed by atoms with Crippen molar-refractivity contribution in [2.24, 2.45) is 0 Å². The van der Waals surface area contributed by atoms with Gasteiger partial charge >= 0.3 is 0 Å². The average molecular weight is 147 g/mol. The van der Waals surface area contributed by atoms with Crippen LogP contribution in [0.5, 0.6) is 0 Å². The molecule has 1 aliphatic heterocycles. The number of hydrogen-bond acceptors (Lipinski definition) is 1. The molecule has 0 amide bonds. The fraction of sp³-hybridized carbons (Fsp3) is 0.444. The van der Waals surface area contributed by atoms with Crippen molar-refractivity contribution in [3.63, 3.8) is 0 Å². The highest BCUT2D eigenvalue weighted by Gasteiger charge is 2.17. The molecular weight excluding hydrogens is 136 g/mol. The van der Waals surface area contributed by atoms with Gasteiger partial charge in [-0.3, -0.25) is 4.98 Å². The Balaban J connectivity index is 2.16. The van der Waals surface area contributed by atoms with Gasteiger partial charge < -0.3 is 0 Å². The number of aromatic nitrogens is 1. The number of nitrogens with zero attached hydrogens (tertiary/aromatic N) is 2. The molecule has 0 aliphatic carbocycles. The standard InChI is InChI=1S/C9H11N2/c1-2-5-11-9(3-1)8-4-6-10-7-8/h1-3,5,8H,4,6-7H2. The number of pyridine rings is 1. The lowest BCUT2D eigenvalue weighted by atomic mass is 10.0. The minimum Gasteiger partial charge on any atom is -0.261 e. The topological polar surface area (TPSA) is 27.0 Å². The van der Waals surface area contributed by atoms with Gasteiger partial charge in [-0.15, -0.1) is 0 Å². The van der Waals surface area contributed by atoms with Gasteiger partial charge in [-0.05, 0) is 18.6 Å². The molecule has 1 unspecified atom stereocenters. The van der Waals surface area contributed by atoms with E-state index >= 15 is 0 Å². The van der Waals surface area contributed by atoms with E-state index in [-0.39, 0.29) is 0 Å². The Kier molecular flexibility index (Phi) is 1.86. The van der Waals surface area contributed by atoms with Crippen molar-refractivity contribution in [1.82, 2.24) is 10.3 Å². The van der Waals surface area contributed by atoms with E-state index < -0.39 is 0 Å². The quantitative estimate of drug-likeness (QED) is 0.586. The second kappa shape index (κ2) is 3.01. The summed E-state index contributed by atoms with van der Waals surface area (Å²) in [6.45, 7) is 1.98. The molecule has 2 rings (SSSR count). The first-order valence-electron chi connectivity index (χ1n) is 4.01. The van der Waals surface area contributed by atoms with Crippen LogP contribution >= 0.6 is 0 Å². The first kappa shape index (κ1) is 6.80. The summed E-state index contributed by atoms with van der Waals surface area (Å²) >= 11 is 0. The van der Waals surface area contributed by atoms with Crippen LogP contribution in [0.3, 0.4) is 0 Å². The van der Waals surface area contributed by atoms with Gasteiger partial charge in [0.15, 0.2) is 0 Å². The summed E-state index contributed by atoms with van der Waals surface area (Å²) in [5.74, 6) is 0.594. The van der Waals surface area contributed by atoms with Crippen LogP contribution in [0.25, 0.3) is 0 Å². The molecule has 11 heavy (non-hydrogen) atoms. The Morgan fingerprint density at radius 3 is 3.00 bits per heavy atom. The van der Waals surface area contributed by atoms with Gasteiger partial charge in [0.1, 0.15) is 0 Å². The zero-order valence-electron chi connectivity index (χ0n) is 6.40. The number of hydrogen-bond donors (Lipinski definition) is 0. The van der Waals surface area contributed by atoms with E-state index in [0.29, 0.717) is 5.92 Å². The summed E-state index contributed by atoms with van der Waals surface area (Å²) in [4.78, 5) is 4.30. The Hall–Kier alpha value is -0.890. The smallest absolute Gasteiger partial charge is 0.0448 e. The van der Waals surface area contributed by atoms with Crippen molar-refractivity contribution in [2.75, 3.05) is 13.1 Å². The Morgan fingerprint density at radius 1 is 1.36 bits per heavy atom. The molecule has 1 aromatic rings. The Labute approximate surface area is 66.7 Å². The summed E-state index contributed by atoms with van der Waals surface area (Å²) in [5, 5.41) is 4.30. The van der Waals surface area contributed by atoms with Crippen LogP contribution in [0.2, 0.25) is 0 Å². The third-order valence-corrected chi connectivity index (χ3v) is 2.09. The van der Waals surface area contributed by atoms with Crippen LogP contribution in [0.4, 0.5) is 0 Å². The summed E-state index contributed by atoms with van der Waals surface area (Å²) in [6.07, 6.45) is 3.03. The Bertz CT molecular complexity index is 214. The number of rotatable bonds is 1. The highest BCUT2D eigenvalue weighted by atomic mass is 14.9. The lowest BCUT2D eigenvalue weighted by Gasteiger charge is -2.04. The van der Waals surface area contributed by atoms with Crippen LogP contribution in [-0.2, 0) is 0 Å². The maximum atomic E-state index is 4.30. The van der Waals surface area contributed by atoms with Crippen LogP contribution < -0.4 is 5.32 Å². The summed E-state index contributed by atoms with van der Waals surface area (Å²) in [5.41, 5.74) is 1.20. The molecule has 2 nitrogen and oxygen atoms in total. The fourth-order valence-electron chi connectivity index (χ4n) is 1.44. The molecule has 0 saturated carbocycles. The molecule has 0 bridgehead atoms. The van der Waals surface area contributed by atoms with Gasteiger partial charge in [-0.25, -0.2) is 5.32 Å². The normalized spacial score (nSPS) is 23.8. The molecule has 0 spiro atoms. The SMILES string of the molecule is c1ccc(C2CC[N]C2)nc1. The second-order valence-corrected chi connectivity index (χ2v) is 2.87. The molecule has 2 heterocycles. The average Bonchev–Trinajstić information content (AvgIpc) is 2.58. The van der Waals surface area contributed by atoms with Gasteiger partial charge in [0.05, 0.1) is 0 Å². The van der Waals surface area contributed by atoms with Crippen molar-refractivity contribution in [3.05, 3.63) is 30.1 Å². The van der Waals surface area contributed by atoms with Crippen molar-refractivity contribution in [3.8, 4) is 0 Å². The van der Waals surface area contributed by atoms with Crippen molar-refractivity contribution < 1.29 is 0 Å². The predicted molar refractivity (Wildman–Crippen MR) is 43.5 cm³/mol. The minimum atomic E-state index is 0.594. The lowest BCUT2D eigenvalue weighted by molar-refractivity contribution is 0.732. The van der Waals surface area contributed by atoms with Crippen LogP contribution in [-0.4, -0.2) is 18.1 Å². The molecule has 1 aliphatic rings. The van der Waals surface area contributed by atoms with Gasteiger partial charge in [0.25, 0.3) is 0 Å². The van der Waals surface area contributed by atoms with Crippen LogP contribution in [0.15, 0.2) is 24.4 Å². The molecule has 1 aromatic heterocycles. The monoisotopic (exact) mass is 147 g/mol. The van der Waals surface area contributed by atoms with E-state index in [9.17, 15) is 0 Å². The molecule has 2 heteroatoms. The Morgan fingerprint density at radius 2 is 2.36 bits per heavy atom. The van der Waals surface area contributed by atoms with Crippen LogP contribution in [0, 0.1) is 0 Å². The zero-order valence-corrected chi connectivity index (χ0v) is 6.40. The summed E-state index contributed by atoms with van der Waals surface area (Å²) in [6, 6.07) is 6.09. The maximum Gasteiger partial charge on any atom is 0.0448 e. The third kappa shape index (κ3) is 1.40. The van der Waals surface area contributed by atoms with Gasteiger partial charge in [0, 0.05) is 30.9 Å². The minimum absolute atomic E-state index is 0.594. The molecule has 0 aromatic carbocycles. The first-order valence-corrected chi connectivity index (χ1v) is 4.01. The van der Waals surface area contributed by atoms with E-state index in [1.165, 1.54) is 12.1 Å². The highest BCUT2D eigenvalue weighted by Crippen LogP contribution is 2.19. The molecule has 1 radical (unpaired) electrons. The van der Waals surface area contributed by atoms with E-state index in [0.717, 1.165) is 13.1 Å². The summed E-state index contributed by atoms with van der Waals surface area (Å²) < 4.78 is 0. The van der Waals surface area contributed by atoms with Gasteiger partial charge in [-0.1, -0.05) is 6.07 Å². The molecule has 0 N–H and O–H groups in total. The van der Waals surface area contributed by atoms with E-state index in [1.54, 1.807) is 0 Å². The van der Waals surface area contributed by atoms with Crippen LogP contribution in [0.1, 0.15) is 18.0 Å². The van der Waals surface area contributed by atoms with Crippen molar-refractivity contribution >= 4 is 0 Å². The molecular formula is C9H11N2. The van der Waals surface area contributed by atoms with E-state index in [4.69, 9.17) is 0 Å². The lowest BCUT2D eigenvalue weighted by Crippen LogP contribution is -2.02. The maximum absolute atomic E-state index is 4.30. The zero-order chi connectivity index (χ0) is 7.52.